The predicted molar refractivity (Wildman–Crippen MR) is 78.3 cm³/mol. The Bertz CT molecular complexity index is 863. The molecule has 3 aromatic rings. The number of hydrogen-bond acceptors (Lipinski definition) is 2. The van der Waals surface area contributed by atoms with Crippen LogP contribution in [-0.4, -0.2) is 20.7 Å². The normalized spacial score (nSPS) is 12.0. The van der Waals surface area contributed by atoms with E-state index in [1.165, 1.54) is 12.4 Å². The minimum absolute atomic E-state index is 0.0283. The first kappa shape index (κ1) is 15.1. The quantitative estimate of drug-likeness (QED) is 0.775. The number of aryl methyl sites for hydroxylation is 1. The van der Waals surface area contributed by atoms with Crippen LogP contribution in [0.3, 0.4) is 0 Å². The van der Waals surface area contributed by atoms with Crippen molar-refractivity contribution in [3.63, 3.8) is 0 Å². The van der Waals surface area contributed by atoms with Crippen LogP contribution in [0.2, 0.25) is 0 Å². The van der Waals surface area contributed by atoms with Gasteiger partial charge in [-0.1, -0.05) is 18.2 Å². The van der Waals surface area contributed by atoms with Gasteiger partial charge in [0.15, 0.2) is 0 Å². The fourth-order valence-electron chi connectivity index (χ4n) is 2.56. The van der Waals surface area contributed by atoms with Gasteiger partial charge in [-0.05, 0) is 6.07 Å². The molecule has 0 aliphatic carbocycles. The van der Waals surface area contributed by atoms with Crippen LogP contribution in [-0.2, 0) is 17.5 Å². The maximum absolute atomic E-state index is 13.5. The molecule has 120 valence electrons. The minimum Gasteiger partial charge on any atom is -0.370 e. The summed E-state index contributed by atoms with van der Waals surface area (Å²) >= 11 is 0. The zero-order valence-corrected chi connectivity index (χ0v) is 11.9. The third-order valence-corrected chi connectivity index (χ3v) is 3.56. The van der Waals surface area contributed by atoms with Crippen molar-refractivity contribution < 1.29 is 18.0 Å². The van der Waals surface area contributed by atoms with E-state index in [2.05, 4.69) is 10.1 Å². The van der Waals surface area contributed by atoms with Gasteiger partial charge in [0.1, 0.15) is 5.69 Å². The maximum Gasteiger partial charge on any atom is 0.433 e. The van der Waals surface area contributed by atoms with Crippen LogP contribution in [0.4, 0.5) is 13.2 Å². The third-order valence-electron chi connectivity index (χ3n) is 3.56. The molecule has 0 saturated heterocycles. The molecule has 0 aliphatic rings. The number of aromatic amines is 1. The number of para-hydroxylation sites is 1. The Morgan fingerprint density at radius 1 is 1.26 bits per heavy atom. The second kappa shape index (κ2) is 5.45. The molecule has 5 nitrogen and oxygen atoms in total. The van der Waals surface area contributed by atoms with Crippen LogP contribution < -0.4 is 5.73 Å². The van der Waals surface area contributed by atoms with Crippen molar-refractivity contribution in [3.8, 4) is 11.1 Å². The average Bonchev–Trinajstić information content (AvgIpc) is 3.08. The van der Waals surface area contributed by atoms with Gasteiger partial charge in [0, 0.05) is 34.6 Å². The third kappa shape index (κ3) is 2.79. The Labute approximate surface area is 128 Å². The number of carbonyl (C=O) groups excluding carboxylic acids is 1. The van der Waals surface area contributed by atoms with Crippen molar-refractivity contribution in [1.82, 2.24) is 14.8 Å². The van der Waals surface area contributed by atoms with Crippen molar-refractivity contribution in [2.75, 3.05) is 0 Å². The number of H-pyrrole nitrogens is 1. The summed E-state index contributed by atoms with van der Waals surface area (Å²) in [6, 6.07) is 7.07. The molecule has 0 saturated carbocycles. The summed E-state index contributed by atoms with van der Waals surface area (Å²) in [6.45, 7) is -0.216. The number of carbonyl (C=O) groups is 1. The molecule has 0 radical (unpaired) electrons. The number of nitrogens with zero attached hydrogens (tertiary/aromatic N) is 2. The van der Waals surface area contributed by atoms with Gasteiger partial charge in [-0.15, -0.1) is 0 Å². The maximum atomic E-state index is 13.5. The van der Waals surface area contributed by atoms with E-state index in [1.807, 2.05) is 0 Å². The molecule has 3 N–H and O–H groups in total. The van der Waals surface area contributed by atoms with E-state index in [0.717, 1.165) is 10.2 Å². The van der Waals surface area contributed by atoms with Crippen LogP contribution in [0, 0.1) is 0 Å². The molecule has 2 aromatic heterocycles. The summed E-state index contributed by atoms with van der Waals surface area (Å²) in [6.07, 6.45) is -2.12. The van der Waals surface area contributed by atoms with Gasteiger partial charge in [0.05, 0.1) is 12.7 Å². The predicted octanol–water partition coefficient (Wildman–Crippen LogP) is 2.93. The lowest BCUT2D eigenvalue weighted by atomic mass is 10.1. The average molecular weight is 322 g/mol. The molecule has 0 bridgehead atoms. The van der Waals surface area contributed by atoms with Gasteiger partial charge in [-0.3, -0.25) is 9.48 Å². The Morgan fingerprint density at radius 2 is 2.00 bits per heavy atom. The number of alkyl halides is 3. The lowest BCUT2D eigenvalue weighted by Crippen LogP contribution is -2.19. The zero-order valence-electron chi connectivity index (χ0n) is 11.9. The largest absolute Gasteiger partial charge is 0.433 e. The van der Waals surface area contributed by atoms with Crippen LogP contribution >= 0.6 is 0 Å². The highest BCUT2D eigenvalue weighted by Crippen LogP contribution is 2.39. The van der Waals surface area contributed by atoms with E-state index in [-0.39, 0.29) is 18.5 Å². The number of hydrogen-bond donors (Lipinski definition) is 2. The first-order valence-corrected chi connectivity index (χ1v) is 6.85. The summed E-state index contributed by atoms with van der Waals surface area (Å²) in [5.74, 6) is -0.678. The van der Waals surface area contributed by atoms with Crippen LogP contribution in [0.1, 0.15) is 12.1 Å². The van der Waals surface area contributed by atoms with Crippen molar-refractivity contribution >= 4 is 16.8 Å². The van der Waals surface area contributed by atoms with Crippen molar-refractivity contribution in [2.24, 2.45) is 5.73 Å². The molecule has 0 unspecified atom stereocenters. The van der Waals surface area contributed by atoms with E-state index in [1.54, 1.807) is 24.3 Å². The molecular weight excluding hydrogens is 309 g/mol. The number of primary amides is 1. The van der Waals surface area contributed by atoms with Crippen LogP contribution in [0.5, 0.6) is 0 Å². The summed E-state index contributed by atoms with van der Waals surface area (Å²) in [5, 5.41) is 4.47. The topological polar surface area (TPSA) is 76.7 Å². The fraction of sp³-hybridized carbons (Fsp3) is 0.200. The molecule has 0 fully saturated rings. The molecule has 1 amide bonds. The Hall–Kier alpha value is -2.77. The minimum atomic E-state index is -4.60. The molecule has 1 aromatic carbocycles. The van der Waals surface area contributed by atoms with E-state index in [4.69, 9.17) is 5.73 Å². The molecule has 0 spiro atoms. The second-order valence-electron chi connectivity index (χ2n) is 5.09. The number of amides is 1. The fourth-order valence-corrected chi connectivity index (χ4v) is 2.56. The van der Waals surface area contributed by atoms with Crippen molar-refractivity contribution in [3.05, 3.63) is 42.4 Å². The SMILES string of the molecule is NC(=O)CCn1ncc(-c2c[nH]c3ccccc23)c1C(F)(F)F. The summed E-state index contributed by atoms with van der Waals surface area (Å²) in [5.41, 5.74) is 5.25. The highest BCUT2D eigenvalue weighted by molar-refractivity contribution is 5.96. The molecule has 3 rings (SSSR count). The Balaban J connectivity index is 2.14. The van der Waals surface area contributed by atoms with E-state index in [0.29, 0.717) is 10.9 Å². The summed E-state index contributed by atoms with van der Waals surface area (Å²) in [7, 11) is 0. The number of benzene rings is 1. The van der Waals surface area contributed by atoms with E-state index in [9.17, 15) is 18.0 Å². The summed E-state index contributed by atoms with van der Waals surface area (Å²) in [4.78, 5) is 13.8. The zero-order chi connectivity index (χ0) is 16.6. The standard InChI is InChI=1S/C15H13F3N4O/c16-15(17,18)14-11(8-21-22(14)6-5-13(19)23)10-7-20-12-4-2-1-3-9(10)12/h1-4,7-8,20H,5-6H2,(H2,19,23). The first-order chi connectivity index (χ1) is 10.9. The number of rotatable bonds is 4. The van der Waals surface area contributed by atoms with Crippen molar-refractivity contribution in [2.45, 2.75) is 19.1 Å². The van der Waals surface area contributed by atoms with Gasteiger partial charge < -0.3 is 10.7 Å². The molecule has 2 heterocycles. The van der Waals surface area contributed by atoms with Gasteiger partial charge in [0.25, 0.3) is 0 Å². The number of halogens is 3. The highest BCUT2D eigenvalue weighted by atomic mass is 19.4. The van der Waals surface area contributed by atoms with E-state index < -0.39 is 17.8 Å². The molecule has 23 heavy (non-hydrogen) atoms. The Morgan fingerprint density at radius 3 is 2.70 bits per heavy atom. The monoisotopic (exact) mass is 322 g/mol. The lowest BCUT2D eigenvalue weighted by Gasteiger charge is -2.12. The number of nitrogens with one attached hydrogen (secondary N) is 1. The molecule has 0 atom stereocenters. The summed E-state index contributed by atoms with van der Waals surface area (Å²) < 4.78 is 41.2. The number of fused-ring (bicyclic) bond motifs is 1. The second-order valence-corrected chi connectivity index (χ2v) is 5.09. The number of nitrogens with two attached hydrogens (primary N) is 1. The molecular formula is C15H13F3N4O. The van der Waals surface area contributed by atoms with Gasteiger partial charge in [-0.25, -0.2) is 0 Å². The van der Waals surface area contributed by atoms with Gasteiger partial charge in [-0.2, -0.15) is 18.3 Å². The van der Waals surface area contributed by atoms with Gasteiger partial charge >= 0.3 is 6.18 Å². The van der Waals surface area contributed by atoms with Crippen LogP contribution in [0.25, 0.3) is 22.0 Å². The Kier molecular flexibility index (Phi) is 3.59. The smallest absolute Gasteiger partial charge is 0.370 e. The highest BCUT2D eigenvalue weighted by Gasteiger charge is 2.38. The van der Waals surface area contributed by atoms with Crippen LogP contribution in [0.15, 0.2) is 36.7 Å². The van der Waals surface area contributed by atoms with Crippen molar-refractivity contribution in [1.29, 1.82) is 0 Å². The lowest BCUT2D eigenvalue weighted by molar-refractivity contribution is -0.144. The molecule has 8 heteroatoms. The first-order valence-electron chi connectivity index (χ1n) is 6.85. The van der Waals surface area contributed by atoms with Gasteiger partial charge in [0.2, 0.25) is 5.91 Å². The molecule has 0 aliphatic heterocycles. The number of aromatic nitrogens is 3. The van der Waals surface area contributed by atoms with E-state index >= 15 is 0 Å².